The molecule has 5 heteroatoms. The van der Waals surface area contributed by atoms with Crippen LogP contribution in [0.15, 0.2) is 59.7 Å². The van der Waals surface area contributed by atoms with Crippen LogP contribution in [0.2, 0.25) is 0 Å². The number of hydrazone groups is 1. The van der Waals surface area contributed by atoms with Crippen LogP contribution in [0.3, 0.4) is 0 Å². The maximum absolute atomic E-state index is 12.2. The Hall–Kier alpha value is -3.34. The molecule has 0 bridgehead atoms. The average Bonchev–Trinajstić information content (AvgIpc) is 2.71. The molecule has 0 heterocycles. The lowest BCUT2D eigenvalue weighted by atomic mass is 9.78. The van der Waals surface area contributed by atoms with Crippen molar-refractivity contribution in [3.8, 4) is 5.75 Å². The molecule has 0 spiro atoms. The van der Waals surface area contributed by atoms with Crippen LogP contribution in [0.4, 0.5) is 5.69 Å². The smallest absolute Gasteiger partial charge is 0.259 e. The predicted molar refractivity (Wildman–Crippen MR) is 134 cm³/mol. The van der Waals surface area contributed by atoms with E-state index in [1.807, 2.05) is 48.5 Å². The molecule has 0 fully saturated rings. The molecule has 0 aromatic heterocycles. The Morgan fingerprint density at radius 3 is 2.09 bits per heavy atom. The van der Waals surface area contributed by atoms with Gasteiger partial charge in [-0.05, 0) is 51.4 Å². The number of anilines is 1. The number of hydrogen-bond acceptors (Lipinski definition) is 4. The summed E-state index contributed by atoms with van der Waals surface area (Å²) in [6.07, 6.45) is 1.62. The van der Waals surface area contributed by atoms with Gasteiger partial charge in [0.25, 0.3) is 5.91 Å². The zero-order valence-electron chi connectivity index (χ0n) is 19.8. The molecule has 0 saturated carbocycles. The van der Waals surface area contributed by atoms with Gasteiger partial charge in [0.1, 0.15) is 5.75 Å². The molecule has 0 aliphatic carbocycles. The van der Waals surface area contributed by atoms with Crippen molar-refractivity contribution < 1.29 is 9.90 Å². The third-order valence-corrected chi connectivity index (χ3v) is 5.35. The Balaban J connectivity index is 1.68. The van der Waals surface area contributed by atoms with Gasteiger partial charge in [0.2, 0.25) is 0 Å². The van der Waals surface area contributed by atoms with E-state index in [0.717, 1.165) is 33.2 Å². The Kier molecular flexibility index (Phi) is 6.58. The summed E-state index contributed by atoms with van der Waals surface area (Å²) < 4.78 is 0. The van der Waals surface area contributed by atoms with Crippen molar-refractivity contribution in [2.45, 2.75) is 52.4 Å². The largest absolute Gasteiger partial charge is 0.507 e. The fourth-order valence-electron chi connectivity index (χ4n) is 3.57. The van der Waals surface area contributed by atoms with Crippen LogP contribution >= 0.6 is 0 Å². The number of amides is 1. The molecule has 0 saturated heterocycles. The van der Waals surface area contributed by atoms with Gasteiger partial charge in [-0.15, -0.1) is 0 Å². The van der Waals surface area contributed by atoms with Gasteiger partial charge in [-0.3, -0.25) is 4.79 Å². The molecular weight excluding hydrogens is 398 g/mol. The van der Waals surface area contributed by atoms with Crippen LogP contribution in [-0.2, 0) is 15.6 Å². The van der Waals surface area contributed by atoms with Gasteiger partial charge in [-0.2, -0.15) is 5.10 Å². The van der Waals surface area contributed by atoms with Crippen LogP contribution in [0.1, 0.15) is 58.2 Å². The summed E-state index contributed by atoms with van der Waals surface area (Å²) >= 11 is 0. The number of phenols is 1. The number of rotatable bonds is 5. The predicted octanol–water partition coefficient (Wildman–Crippen LogP) is 5.70. The zero-order chi connectivity index (χ0) is 23.5. The molecule has 0 aliphatic heterocycles. The second-order valence-electron chi connectivity index (χ2n) is 10.2. The van der Waals surface area contributed by atoms with E-state index in [9.17, 15) is 9.90 Å². The topological polar surface area (TPSA) is 73.7 Å². The molecule has 168 valence electrons. The summed E-state index contributed by atoms with van der Waals surface area (Å²) in [6.45, 7) is 12.5. The molecule has 0 unspecified atom stereocenters. The van der Waals surface area contributed by atoms with Crippen LogP contribution in [0.5, 0.6) is 5.75 Å². The summed E-state index contributed by atoms with van der Waals surface area (Å²) in [6, 6.07) is 17.9. The summed E-state index contributed by atoms with van der Waals surface area (Å²) in [5, 5.41) is 20.4. The Morgan fingerprint density at radius 1 is 0.906 bits per heavy atom. The SMILES string of the molecule is CC(C)(C)c1cc(C=NNC(=O)CNc2ccc3ccccc3c2)cc(C(C)(C)C)c1O. The lowest BCUT2D eigenvalue weighted by Gasteiger charge is -2.27. The number of nitrogens with zero attached hydrogens (tertiary/aromatic N) is 1. The lowest BCUT2D eigenvalue weighted by molar-refractivity contribution is -0.119. The summed E-state index contributed by atoms with van der Waals surface area (Å²) in [5.74, 6) is 0.0889. The van der Waals surface area contributed by atoms with Gasteiger partial charge >= 0.3 is 0 Å². The van der Waals surface area contributed by atoms with Crippen molar-refractivity contribution >= 4 is 28.6 Å². The molecule has 3 aromatic carbocycles. The summed E-state index contributed by atoms with van der Waals surface area (Å²) in [5.41, 5.74) is 5.56. The minimum Gasteiger partial charge on any atom is -0.507 e. The number of hydrogen-bond donors (Lipinski definition) is 3. The van der Waals surface area contributed by atoms with E-state index in [0.29, 0.717) is 5.75 Å². The molecule has 32 heavy (non-hydrogen) atoms. The third-order valence-electron chi connectivity index (χ3n) is 5.35. The maximum Gasteiger partial charge on any atom is 0.259 e. The van der Waals surface area contributed by atoms with Crippen LogP contribution < -0.4 is 10.7 Å². The molecule has 1 amide bonds. The molecule has 5 nitrogen and oxygen atoms in total. The highest BCUT2D eigenvalue weighted by Crippen LogP contribution is 2.39. The van der Waals surface area contributed by atoms with E-state index in [4.69, 9.17) is 0 Å². The number of nitrogens with one attached hydrogen (secondary N) is 2. The zero-order valence-corrected chi connectivity index (χ0v) is 19.8. The fraction of sp³-hybridized carbons (Fsp3) is 0.333. The normalized spacial score (nSPS) is 12.3. The first kappa shape index (κ1) is 23.3. The van der Waals surface area contributed by atoms with Crippen molar-refractivity contribution in [1.82, 2.24) is 5.43 Å². The van der Waals surface area contributed by atoms with Gasteiger partial charge in [0.05, 0.1) is 12.8 Å². The van der Waals surface area contributed by atoms with Gasteiger partial charge in [-0.25, -0.2) is 5.43 Å². The van der Waals surface area contributed by atoms with Gasteiger partial charge < -0.3 is 10.4 Å². The van der Waals surface area contributed by atoms with E-state index >= 15 is 0 Å². The van der Waals surface area contributed by atoms with Crippen molar-refractivity contribution in [2.75, 3.05) is 11.9 Å². The van der Waals surface area contributed by atoms with E-state index < -0.39 is 0 Å². The molecule has 0 atom stereocenters. The monoisotopic (exact) mass is 431 g/mol. The fourth-order valence-corrected chi connectivity index (χ4v) is 3.57. The van der Waals surface area contributed by atoms with Crippen LogP contribution in [0, 0.1) is 0 Å². The third kappa shape index (κ3) is 5.67. The lowest BCUT2D eigenvalue weighted by Crippen LogP contribution is -2.26. The van der Waals surface area contributed by atoms with Crippen LogP contribution in [0.25, 0.3) is 10.8 Å². The van der Waals surface area contributed by atoms with E-state index in [2.05, 4.69) is 63.5 Å². The number of carbonyl (C=O) groups is 1. The Bertz CT molecular complexity index is 1120. The molecular formula is C27H33N3O2. The number of phenolic OH excluding ortho intramolecular Hbond substituents is 1. The first-order valence-electron chi connectivity index (χ1n) is 10.9. The maximum atomic E-state index is 12.2. The highest BCUT2D eigenvalue weighted by Gasteiger charge is 2.26. The highest BCUT2D eigenvalue weighted by atomic mass is 16.3. The number of benzene rings is 3. The molecule has 3 aromatic rings. The van der Waals surface area contributed by atoms with Gasteiger partial charge in [-0.1, -0.05) is 71.9 Å². The van der Waals surface area contributed by atoms with Crippen LogP contribution in [-0.4, -0.2) is 23.8 Å². The molecule has 0 radical (unpaired) electrons. The standard InChI is InChI=1S/C27H33N3O2/c1-26(2,3)22-13-18(14-23(25(22)32)27(4,5)6)16-29-30-24(31)17-28-21-12-11-19-9-7-8-10-20(19)15-21/h7-16,28,32H,17H2,1-6H3,(H,30,31). The van der Waals surface area contributed by atoms with Gasteiger partial charge in [0.15, 0.2) is 0 Å². The molecule has 3 N–H and O–H groups in total. The second-order valence-corrected chi connectivity index (χ2v) is 10.2. The second kappa shape index (κ2) is 9.03. The first-order chi connectivity index (χ1) is 14.9. The number of aromatic hydroxyl groups is 1. The Labute approximate surface area is 190 Å². The van der Waals surface area contributed by atoms with Crippen molar-refractivity contribution in [3.63, 3.8) is 0 Å². The number of fused-ring (bicyclic) bond motifs is 1. The minimum absolute atomic E-state index is 0.117. The summed E-state index contributed by atoms with van der Waals surface area (Å²) in [4.78, 5) is 12.2. The first-order valence-corrected chi connectivity index (χ1v) is 10.9. The Morgan fingerprint density at radius 2 is 1.50 bits per heavy atom. The number of carbonyl (C=O) groups excluding carboxylic acids is 1. The minimum atomic E-state index is -0.236. The highest BCUT2D eigenvalue weighted by molar-refractivity contribution is 5.88. The average molecular weight is 432 g/mol. The van der Waals surface area contributed by atoms with E-state index in [1.165, 1.54) is 0 Å². The summed E-state index contributed by atoms with van der Waals surface area (Å²) in [7, 11) is 0. The van der Waals surface area contributed by atoms with E-state index in [-0.39, 0.29) is 23.3 Å². The van der Waals surface area contributed by atoms with Crippen molar-refractivity contribution in [1.29, 1.82) is 0 Å². The van der Waals surface area contributed by atoms with Gasteiger partial charge in [0, 0.05) is 16.8 Å². The van der Waals surface area contributed by atoms with E-state index in [1.54, 1.807) is 6.21 Å². The molecule has 0 aliphatic rings. The van der Waals surface area contributed by atoms with Crippen molar-refractivity contribution in [2.24, 2.45) is 5.10 Å². The van der Waals surface area contributed by atoms with Crippen molar-refractivity contribution in [3.05, 3.63) is 71.3 Å². The quantitative estimate of drug-likeness (QED) is 0.358. The molecule has 3 rings (SSSR count).